The normalized spacial score (nSPS) is 26.2. The van der Waals surface area contributed by atoms with Gasteiger partial charge in [-0.05, 0) is 26.2 Å². The van der Waals surface area contributed by atoms with Gasteiger partial charge in [0, 0.05) is 5.57 Å². The Morgan fingerprint density at radius 1 is 1.38 bits per heavy atom. The molecule has 2 N–H and O–H groups in total. The standard InChI is InChI=1S/C10H17O5P/c1-7(2)10(11)15-8-5-3-4-6-9(8)16(12,13)14/h8-9H,1,3-6H2,2H3,(H2,12,13,14). The molecule has 0 radical (unpaired) electrons. The molecule has 1 fully saturated rings. The van der Waals surface area contributed by atoms with E-state index in [1.165, 1.54) is 6.92 Å². The first kappa shape index (κ1) is 13.4. The SMILES string of the molecule is C=C(C)C(=O)OC1CCCCC1P(=O)(O)O. The van der Waals surface area contributed by atoms with Crippen molar-refractivity contribution in [3.05, 3.63) is 12.2 Å². The molecule has 0 aromatic rings. The summed E-state index contributed by atoms with van der Waals surface area (Å²) in [6.45, 7) is 4.95. The molecule has 92 valence electrons. The van der Waals surface area contributed by atoms with Crippen LogP contribution in [0.4, 0.5) is 0 Å². The van der Waals surface area contributed by atoms with E-state index in [-0.39, 0.29) is 5.57 Å². The van der Waals surface area contributed by atoms with Gasteiger partial charge in [-0.15, -0.1) is 0 Å². The number of hydrogen-bond acceptors (Lipinski definition) is 3. The van der Waals surface area contributed by atoms with Gasteiger partial charge in [-0.3, -0.25) is 4.57 Å². The summed E-state index contributed by atoms with van der Waals surface area (Å²) in [5.41, 5.74) is -0.611. The minimum Gasteiger partial charge on any atom is -0.458 e. The molecule has 2 unspecified atom stereocenters. The fourth-order valence-electron chi connectivity index (χ4n) is 1.84. The van der Waals surface area contributed by atoms with Gasteiger partial charge in [-0.25, -0.2) is 4.79 Å². The third-order valence-corrected chi connectivity index (χ3v) is 4.16. The van der Waals surface area contributed by atoms with Crippen molar-refractivity contribution < 1.29 is 23.9 Å². The van der Waals surface area contributed by atoms with E-state index in [0.717, 1.165) is 12.8 Å². The van der Waals surface area contributed by atoms with Gasteiger partial charge >= 0.3 is 13.6 Å². The first-order chi connectivity index (χ1) is 7.32. The van der Waals surface area contributed by atoms with Gasteiger partial charge < -0.3 is 14.5 Å². The molecule has 0 saturated heterocycles. The third kappa shape index (κ3) is 3.44. The van der Waals surface area contributed by atoms with E-state index in [1.54, 1.807) is 0 Å². The highest BCUT2D eigenvalue weighted by Crippen LogP contribution is 2.49. The Labute approximate surface area is 94.7 Å². The zero-order valence-electron chi connectivity index (χ0n) is 9.26. The number of rotatable bonds is 3. The van der Waals surface area contributed by atoms with Crippen molar-refractivity contribution in [1.82, 2.24) is 0 Å². The lowest BCUT2D eigenvalue weighted by molar-refractivity contribution is -0.145. The van der Waals surface area contributed by atoms with Gasteiger partial charge in [-0.2, -0.15) is 0 Å². The van der Waals surface area contributed by atoms with Crippen LogP contribution in [-0.4, -0.2) is 27.5 Å². The summed E-state index contributed by atoms with van der Waals surface area (Å²) in [5, 5.41) is 0. The molecule has 0 heterocycles. The first-order valence-corrected chi connectivity index (χ1v) is 6.92. The first-order valence-electron chi connectivity index (χ1n) is 5.24. The molecule has 0 amide bonds. The summed E-state index contributed by atoms with van der Waals surface area (Å²) < 4.78 is 16.3. The predicted molar refractivity (Wildman–Crippen MR) is 59.0 cm³/mol. The summed E-state index contributed by atoms with van der Waals surface area (Å²) >= 11 is 0. The molecule has 0 aliphatic heterocycles. The highest BCUT2D eigenvalue weighted by atomic mass is 31.2. The Morgan fingerprint density at radius 3 is 2.44 bits per heavy atom. The zero-order valence-corrected chi connectivity index (χ0v) is 10.2. The van der Waals surface area contributed by atoms with Gasteiger partial charge in [-0.1, -0.05) is 13.0 Å². The summed E-state index contributed by atoms with van der Waals surface area (Å²) in [6, 6.07) is 0. The van der Waals surface area contributed by atoms with E-state index in [2.05, 4.69) is 6.58 Å². The molecule has 16 heavy (non-hydrogen) atoms. The minimum absolute atomic E-state index is 0.245. The Morgan fingerprint density at radius 2 is 1.94 bits per heavy atom. The van der Waals surface area contributed by atoms with Crippen molar-refractivity contribution in [2.75, 3.05) is 0 Å². The molecular weight excluding hydrogens is 231 g/mol. The maximum Gasteiger partial charge on any atom is 0.333 e. The van der Waals surface area contributed by atoms with E-state index in [4.69, 9.17) is 14.5 Å². The number of ether oxygens (including phenoxy) is 1. The molecule has 1 aliphatic rings. The Balaban J connectivity index is 2.72. The fourth-order valence-corrected chi connectivity index (χ4v) is 3.00. The van der Waals surface area contributed by atoms with Gasteiger partial charge in [0.2, 0.25) is 0 Å². The van der Waals surface area contributed by atoms with Crippen LogP contribution < -0.4 is 0 Å². The number of carbonyl (C=O) groups is 1. The van der Waals surface area contributed by atoms with Crippen LogP contribution in [0, 0.1) is 0 Å². The maximum atomic E-state index is 11.3. The molecule has 1 saturated carbocycles. The molecule has 0 bridgehead atoms. The molecule has 6 heteroatoms. The van der Waals surface area contributed by atoms with Crippen LogP contribution >= 0.6 is 7.60 Å². The average Bonchev–Trinajstić information content (AvgIpc) is 2.16. The van der Waals surface area contributed by atoms with Crippen LogP contribution in [0.5, 0.6) is 0 Å². The molecule has 0 aromatic heterocycles. The van der Waals surface area contributed by atoms with E-state index >= 15 is 0 Å². The van der Waals surface area contributed by atoms with Crippen molar-refractivity contribution >= 4 is 13.6 Å². The molecule has 2 atom stereocenters. The van der Waals surface area contributed by atoms with E-state index in [9.17, 15) is 9.36 Å². The summed E-state index contributed by atoms with van der Waals surface area (Å²) in [7, 11) is -4.19. The van der Waals surface area contributed by atoms with Crippen molar-refractivity contribution in [3.8, 4) is 0 Å². The predicted octanol–water partition coefficient (Wildman–Crippen LogP) is 1.59. The number of carbonyl (C=O) groups excluding carboxylic acids is 1. The summed E-state index contributed by atoms with van der Waals surface area (Å²) in [6.07, 6.45) is 1.81. The van der Waals surface area contributed by atoms with E-state index in [1.807, 2.05) is 0 Å². The van der Waals surface area contributed by atoms with Gasteiger partial charge in [0.15, 0.2) is 0 Å². The van der Waals surface area contributed by atoms with Crippen LogP contribution in [0.1, 0.15) is 32.6 Å². The lowest BCUT2D eigenvalue weighted by Crippen LogP contribution is -2.34. The van der Waals surface area contributed by atoms with Crippen LogP contribution in [0.3, 0.4) is 0 Å². The van der Waals surface area contributed by atoms with E-state index < -0.39 is 25.3 Å². The second-order valence-electron chi connectivity index (χ2n) is 4.16. The maximum absolute atomic E-state index is 11.3. The molecule has 0 aromatic carbocycles. The zero-order chi connectivity index (χ0) is 12.3. The van der Waals surface area contributed by atoms with Crippen molar-refractivity contribution in [3.63, 3.8) is 0 Å². The van der Waals surface area contributed by atoms with Crippen molar-refractivity contribution in [2.45, 2.75) is 44.4 Å². The third-order valence-electron chi connectivity index (χ3n) is 2.71. The molecule has 0 spiro atoms. The minimum atomic E-state index is -4.19. The van der Waals surface area contributed by atoms with Crippen LogP contribution in [0.2, 0.25) is 0 Å². The van der Waals surface area contributed by atoms with Gasteiger partial charge in [0.1, 0.15) is 6.10 Å². The quantitative estimate of drug-likeness (QED) is 0.450. The summed E-state index contributed by atoms with van der Waals surface area (Å²) in [5.74, 6) is -0.578. The second kappa shape index (κ2) is 5.13. The lowest BCUT2D eigenvalue weighted by Gasteiger charge is -2.31. The topological polar surface area (TPSA) is 83.8 Å². The Kier molecular flexibility index (Phi) is 4.30. The van der Waals surface area contributed by atoms with Crippen molar-refractivity contribution in [1.29, 1.82) is 0 Å². The average molecular weight is 248 g/mol. The van der Waals surface area contributed by atoms with Crippen LogP contribution in [0.25, 0.3) is 0 Å². The Bertz CT molecular complexity index is 332. The van der Waals surface area contributed by atoms with E-state index in [0.29, 0.717) is 12.8 Å². The highest BCUT2D eigenvalue weighted by Gasteiger charge is 2.40. The fraction of sp³-hybridized carbons (Fsp3) is 0.700. The molecule has 1 rings (SSSR count). The smallest absolute Gasteiger partial charge is 0.333 e. The largest absolute Gasteiger partial charge is 0.458 e. The Hall–Kier alpha value is -0.640. The van der Waals surface area contributed by atoms with Gasteiger partial charge in [0.05, 0.1) is 5.66 Å². The van der Waals surface area contributed by atoms with Crippen molar-refractivity contribution in [2.24, 2.45) is 0 Å². The lowest BCUT2D eigenvalue weighted by atomic mass is 9.97. The highest BCUT2D eigenvalue weighted by molar-refractivity contribution is 7.52. The van der Waals surface area contributed by atoms with Gasteiger partial charge in [0.25, 0.3) is 0 Å². The number of esters is 1. The number of hydrogen-bond donors (Lipinski definition) is 2. The van der Waals surface area contributed by atoms with Crippen LogP contribution in [-0.2, 0) is 14.1 Å². The molecule has 5 nitrogen and oxygen atoms in total. The van der Waals surface area contributed by atoms with Crippen LogP contribution in [0.15, 0.2) is 12.2 Å². The monoisotopic (exact) mass is 248 g/mol. The summed E-state index contributed by atoms with van der Waals surface area (Å²) in [4.78, 5) is 29.6. The second-order valence-corrected chi connectivity index (χ2v) is 6.01. The molecule has 1 aliphatic carbocycles. The molecular formula is C10H17O5P.